The summed E-state index contributed by atoms with van der Waals surface area (Å²) in [5.41, 5.74) is 0.134. The van der Waals surface area contributed by atoms with Crippen LogP contribution in [0.5, 0.6) is 5.75 Å². The van der Waals surface area contributed by atoms with E-state index in [-0.39, 0.29) is 17.7 Å². The third-order valence-electron chi connectivity index (χ3n) is 2.80. The number of hydrogen-bond donors (Lipinski definition) is 0. The molecule has 0 aliphatic rings. The number of benzene rings is 1. The van der Waals surface area contributed by atoms with Crippen LogP contribution in [-0.2, 0) is 23.9 Å². The van der Waals surface area contributed by atoms with E-state index in [1.807, 2.05) is 0 Å². The van der Waals surface area contributed by atoms with Gasteiger partial charge in [-0.05, 0) is 37.6 Å². The van der Waals surface area contributed by atoms with Crippen LogP contribution in [0, 0.1) is 5.82 Å². The number of carbonyl (C=O) groups excluding carboxylic acids is 3. The molecule has 24 heavy (non-hydrogen) atoms. The molecular formula is C17H19FO6. The van der Waals surface area contributed by atoms with Crippen LogP contribution >= 0.6 is 0 Å². The van der Waals surface area contributed by atoms with Crippen molar-refractivity contribution in [2.45, 2.75) is 32.8 Å². The van der Waals surface area contributed by atoms with Crippen LogP contribution in [0.2, 0.25) is 0 Å². The first-order valence-corrected chi connectivity index (χ1v) is 7.32. The summed E-state index contributed by atoms with van der Waals surface area (Å²) < 4.78 is 27.4. The van der Waals surface area contributed by atoms with Gasteiger partial charge in [-0.15, -0.1) is 0 Å². The summed E-state index contributed by atoms with van der Waals surface area (Å²) in [5, 5.41) is 0. The molecule has 0 fully saturated rings. The molecule has 0 aliphatic heterocycles. The molecule has 0 saturated carbocycles. The van der Waals surface area contributed by atoms with Crippen molar-refractivity contribution in [3.8, 4) is 5.75 Å². The Morgan fingerprint density at radius 3 is 2.38 bits per heavy atom. The number of rotatable bonds is 8. The van der Waals surface area contributed by atoms with Crippen LogP contribution < -0.4 is 4.74 Å². The fourth-order valence-corrected chi connectivity index (χ4v) is 1.60. The Morgan fingerprint density at radius 2 is 1.83 bits per heavy atom. The lowest BCUT2D eigenvalue weighted by Gasteiger charge is -2.15. The molecule has 0 saturated heterocycles. The molecule has 0 amide bonds. The summed E-state index contributed by atoms with van der Waals surface area (Å²) >= 11 is 0. The molecule has 7 heteroatoms. The lowest BCUT2D eigenvalue weighted by Crippen LogP contribution is -2.32. The van der Waals surface area contributed by atoms with Gasteiger partial charge >= 0.3 is 17.9 Å². The van der Waals surface area contributed by atoms with Gasteiger partial charge in [-0.1, -0.05) is 19.9 Å². The quantitative estimate of drug-likeness (QED) is 0.412. The van der Waals surface area contributed by atoms with E-state index < -0.39 is 36.4 Å². The highest BCUT2D eigenvalue weighted by molar-refractivity contribution is 5.92. The van der Waals surface area contributed by atoms with E-state index in [4.69, 9.17) is 9.47 Å². The van der Waals surface area contributed by atoms with Gasteiger partial charge in [0.25, 0.3) is 0 Å². The van der Waals surface area contributed by atoms with Crippen molar-refractivity contribution >= 4 is 17.9 Å². The number of hydrogen-bond acceptors (Lipinski definition) is 6. The minimum Gasteiger partial charge on any atom is -0.482 e. The Balaban J connectivity index is 2.52. The molecule has 0 aliphatic carbocycles. The van der Waals surface area contributed by atoms with Gasteiger partial charge < -0.3 is 14.2 Å². The normalized spacial score (nSPS) is 11.3. The molecule has 1 rings (SSSR count). The van der Waals surface area contributed by atoms with Crippen LogP contribution in [0.4, 0.5) is 4.39 Å². The highest BCUT2D eigenvalue weighted by Gasteiger charge is 2.26. The Hall–Kier alpha value is -2.70. The molecule has 1 atom stereocenters. The number of ether oxygens (including phenoxy) is 3. The monoisotopic (exact) mass is 338 g/mol. The molecule has 1 aromatic rings. The zero-order valence-electron chi connectivity index (χ0n) is 13.5. The van der Waals surface area contributed by atoms with Crippen LogP contribution in [0.3, 0.4) is 0 Å². The lowest BCUT2D eigenvalue weighted by molar-refractivity contribution is -0.173. The van der Waals surface area contributed by atoms with E-state index in [1.165, 1.54) is 31.2 Å². The first-order valence-electron chi connectivity index (χ1n) is 7.32. The minimum absolute atomic E-state index is 0.134. The molecule has 130 valence electrons. The summed E-state index contributed by atoms with van der Waals surface area (Å²) in [6.45, 7) is 6.11. The van der Waals surface area contributed by atoms with Crippen LogP contribution in [0.15, 0.2) is 36.4 Å². The van der Waals surface area contributed by atoms with Crippen molar-refractivity contribution in [3.05, 3.63) is 42.2 Å². The van der Waals surface area contributed by atoms with Gasteiger partial charge in [-0.3, -0.25) is 0 Å². The molecule has 1 unspecified atom stereocenters. The van der Waals surface area contributed by atoms with Gasteiger partial charge in [0.05, 0.1) is 0 Å². The number of carbonyl (C=O) groups is 3. The van der Waals surface area contributed by atoms with Crippen molar-refractivity contribution in [1.29, 1.82) is 0 Å². The number of esters is 3. The fraction of sp³-hybridized carbons (Fsp3) is 0.353. The number of halogens is 1. The maximum atomic E-state index is 12.7. The van der Waals surface area contributed by atoms with Gasteiger partial charge in [0, 0.05) is 5.57 Å². The van der Waals surface area contributed by atoms with Gasteiger partial charge in [0.15, 0.2) is 12.7 Å². The molecule has 0 bridgehead atoms. The highest BCUT2D eigenvalue weighted by atomic mass is 19.1. The minimum atomic E-state index is -1.19. The van der Waals surface area contributed by atoms with Crippen LogP contribution in [-0.4, -0.2) is 30.6 Å². The third-order valence-corrected chi connectivity index (χ3v) is 2.80. The summed E-state index contributed by atoms with van der Waals surface area (Å²) in [5.74, 6) is -2.85. The second-order valence-electron chi connectivity index (χ2n) is 5.00. The summed E-state index contributed by atoms with van der Waals surface area (Å²) in [7, 11) is 0. The van der Waals surface area contributed by atoms with E-state index in [0.717, 1.165) is 0 Å². The molecule has 6 nitrogen and oxygen atoms in total. The summed E-state index contributed by atoms with van der Waals surface area (Å²) in [4.78, 5) is 35.0. The average Bonchev–Trinajstić information content (AvgIpc) is 2.53. The van der Waals surface area contributed by atoms with E-state index >= 15 is 0 Å². The molecular weight excluding hydrogens is 319 g/mol. The van der Waals surface area contributed by atoms with Crippen molar-refractivity contribution < 1.29 is 33.0 Å². The average molecular weight is 338 g/mol. The van der Waals surface area contributed by atoms with E-state index in [9.17, 15) is 18.8 Å². The van der Waals surface area contributed by atoms with Gasteiger partial charge in [0.2, 0.25) is 0 Å². The standard InChI is InChI=1S/C17H19FO6/c1-4-5-14(23-16(20)11(2)3)17(21)24-15(19)10-22-13-8-6-12(18)7-9-13/h6-9,14H,2,4-5,10H2,1,3H3. The third kappa shape index (κ3) is 6.60. The topological polar surface area (TPSA) is 78.9 Å². The van der Waals surface area contributed by atoms with Crippen molar-refractivity contribution in [2.75, 3.05) is 6.61 Å². The predicted octanol–water partition coefficient (Wildman–Crippen LogP) is 2.56. The largest absolute Gasteiger partial charge is 0.482 e. The second-order valence-corrected chi connectivity index (χ2v) is 5.00. The van der Waals surface area contributed by atoms with E-state index in [0.29, 0.717) is 6.42 Å². The molecule has 1 aromatic carbocycles. The SMILES string of the molecule is C=C(C)C(=O)OC(CCC)C(=O)OC(=O)COc1ccc(F)cc1. The van der Waals surface area contributed by atoms with Gasteiger partial charge in [-0.25, -0.2) is 18.8 Å². The first-order chi connectivity index (χ1) is 11.3. The molecule has 0 spiro atoms. The summed E-state index contributed by atoms with van der Waals surface area (Å²) in [6, 6.07) is 5.00. The molecule has 0 heterocycles. The first kappa shape index (κ1) is 19.3. The Kier molecular flexibility index (Phi) is 7.61. The Labute approximate surface area is 139 Å². The van der Waals surface area contributed by atoms with Crippen molar-refractivity contribution in [1.82, 2.24) is 0 Å². The van der Waals surface area contributed by atoms with Gasteiger partial charge in [-0.2, -0.15) is 0 Å². The Bertz CT molecular complexity index is 608. The maximum absolute atomic E-state index is 12.7. The zero-order valence-corrected chi connectivity index (χ0v) is 13.5. The predicted molar refractivity (Wildman–Crippen MR) is 82.6 cm³/mol. The smallest absolute Gasteiger partial charge is 0.355 e. The maximum Gasteiger partial charge on any atom is 0.355 e. The van der Waals surface area contributed by atoms with E-state index in [2.05, 4.69) is 11.3 Å². The summed E-state index contributed by atoms with van der Waals surface area (Å²) in [6.07, 6.45) is -0.429. The van der Waals surface area contributed by atoms with E-state index in [1.54, 1.807) is 6.92 Å². The Morgan fingerprint density at radius 1 is 1.21 bits per heavy atom. The van der Waals surface area contributed by atoms with Gasteiger partial charge in [0.1, 0.15) is 11.6 Å². The van der Waals surface area contributed by atoms with Crippen LogP contribution in [0.1, 0.15) is 26.7 Å². The van der Waals surface area contributed by atoms with Crippen LogP contribution in [0.25, 0.3) is 0 Å². The molecule has 0 radical (unpaired) electrons. The fourth-order valence-electron chi connectivity index (χ4n) is 1.60. The molecule has 0 N–H and O–H groups in total. The lowest BCUT2D eigenvalue weighted by atomic mass is 10.2. The highest BCUT2D eigenvalue weighted by Crippen LogP contribution is 2.12. The van der Waals surface area contributed by atoms with Crippen molar-refractivity contribution in [3.63, 3.8) is 0 Å². The second kappa shape index (κ2) is 9.44. The zero-order chi connectivity index (χ0) is 18.1. The molecule has 0 aromatic heterocycles. The van der Waals surface area contributed by atoms with Crippen molar-refractivity contribution in [2.24, 2.45) is 0 Å².